The number of fused-ring (bicyclic) bond motifs is 1. The van der Waals surface area contributed by atoms with Crippen LogP contribution < -0.4 is 16.8 Å². The quantitative estimate of drug-likeness (QED) is 0.181. The number of aliphatic imine (C=N–C) groups is 2. The van der Waals surface area contributed by atoms with E-state index in [2.05, 4.69) is 35.0 Å². The maximum absolute atomic E-state index is 14.0. The SMILES string of the molecule is C=CC(=C)N(C(=C)c1cc(F)cc2c1C2F)C(=N)CCCN/C(N=CN)=C(\C)C(N)=NC. The third-order valence-corrected chi connectivity index (χ3v) is 5.06. The molecule has 1 aliphatic rings. The second-order valence-corrected chi connectivity index (χ2v) is 7.13. The Morgan fingerprint density at radius 2 is 2.06 bits per heavy atom. The largest absolute Gasteiger partial charge is 0.390 e. The van der Waals surface area contributed by atoms with Crippen molar-refractivity contribution in [1.29, 1.82) is 5.41 Å². The molecule has 0 bridgehead atoms. The molecule has 1 aromatic carbocycles. The maximum atomic E-state index is 14.0. The minimum atomic E-state index is -1.31. The van der Waals surface area contributed by atoms with Gasteiger partial charge in [-0.25, -0.2) is 13.8 Å². The molecule has 2 rings (SSSR count). The molecule has 0 aliphatic heterocycles. The fourth-order valence-corrected chi connectivity index (χ4v) is 3.23. The van der Waals surface area contributed by atoms with Gasteiger partial charge in [-0.3, -0.25) is 15.3 Å². The Morgan fingerprint density at radius 3 is 2.66 bits per heavy atom. The molecule has 7 nitrogen and oxygen atoms in total. The van der Waals surface area contributed by atoms with Crippen LogP contribution in [-0.4, -0.2) is 36.5 Å². The summed E-state index contributed by atoms with van der Waals surface area (Å²) in [6.07, 6.45) is 2.18. The van der Waals surface area contributed by atoms with E-state index in [0.29, 0.717) is 59.0 Å². The highest BCUT2D eigenvalue weighted by Crippen LogP contribution is 2.49. The highest BCUT2D eigenvalue weighted by Gasteiger charge is 2.38. The van der Waals surface area contributed by atoms with Crippen LogP contribution in [-0.2, 0) is 0 Å². The van der Waals surface area contributed by atoms with Gasteiger partial charge in [-0.1, -0.05) is 19.7 Å². The maximum Gasteiger partial charge on any atom is 0.152 e. The molecule has 0 fully saturated rings. The molecular weight excluding hydrogens is 412 g/mol. The predicted molar refractivity (Wildman–Crippen MR) is 127 cm³/mol. The zero-order valence-corrected chi connectivity index (χ0v) is 18.4. The summed E-state index contributed by atoms with van der Waals surface area (Å²) in [6.45, 7) is 13.8. The predicted octanol–water partition coefficient (Wildman–Crippen LogP) is 3.72. The molecule has 0 saturated carbocycles. The molecular formula is C23H29F2N7. The number of alkyl halides is 1. The van der Waals surface area contributed by atoms with E-state index in [1.54, 1.807) is 14.0 Å². The first kappa shape index (κ1) is 24.5. The molecule has 1 unspecified atom stereocenters. The van der Waals surface area contributed by atoms with Crippen molar-refractivity contribution in [3.63, 3.8) is 0 Å². The average Bonchev–Trinajstić information content (AvgIpc) is 3.42. The third-order valence-electron chi connectivity index (χ3n) is 5.06. The van der Waals surface area contributed by atoms with Crippen LogP contribution in [0.1, 0.15) is 42.6 Å². The van der Waals surface area contributed by atoms with E-state index in [-0.39, 0.29) is 11.5 Å². The monoisotopic (exact) mass is 441 g/mol. The summed E-state index contributed by atoms with van der Waals surface area (Å²) in [6, 6.07) is 2.40. The number of halogens is 2. The lowest BCUT2D eigenvalue weighted by atomic mass is 10.1. The molecule has 1 aromatic rings. The summed E-state index contributed by atoms with van der Waals surface area (Å²) in [7, 11) is 1.58. The van der Waals surface area contributed by atoms with Gasteiger partial charge < -0.3 is 16.8 Å². The van der Waals surface area contributed by atoms with Crippen LogP contribution in [0.25, 0.3) is 5.70 Å². The minimum absolute atomic E-state index is 0.162. The van der Waals surface area contributed by atoms with Crippen LogP contribution >= 0.6 is 0 Å². The van der Waals surface area contributed by atoms with Gasteiger partial charge in [-0.05, 0) is 31.6 Å². The van der Waals surface area contributed by atoms with Gasteiger partial charge in [0, 0.05) is 53.7 Å². The van der Waals surface area contributed by atoms with E-state index in [4.69, 9.17) is 16.9 Å². The van der Waals surface area contributed by atoms with Crippen LogP contribution in [0.3, 0.4) is 0 Å². The molecule has 32 heavy (non-hydrogen) atoms. The van der Waals surface area contributed by atoms with Crippen molar-refractivity contribution < 1.29 is 8.78 Å². The van der Waals surface area contributed by atoms with E-state index in [9.17, 15) is 8.78 Å². The molecule has 0 amide bonds. The van der Waals surface area contributed by atoms with E-state index in [1.165, 1.54) is 23.1 Å². The molecule has 0 radical (unpaired) electrons. The molecule has 0 spiro atoms. The highest BCUT2D eigenvalue weighted by atomic mass is 19.1. The van der Waals surface area contributed by atoms with Crippen molar-refractivity contribution in [3.05, 3.63) is 77.5 Å². The highest BCUT2D eigenvalue weighted by molar-refractivity contribution is 5.97. The lowest BCUT2D eigenvalue weighted by Crippen LogP contribution is -2.28. The molecule has 9 heteroatoms. The Bertz CT molecular complexity index is 1040. The summed E-state index contributed by atoms with van der Waals surface area (Å²) < 4.78 is 27.9. The number of hydrogen-bond donors (Lipinski definition) is 4. The van der Waals surface area contributed by atoms with Gasteiger partial charge in [0.05, 0.1) is 6.34 Å². The second kappa shape index (κ2) is 10.5. The summed E-state index contributed by atoms with van der Waals surface area (Å²) in [5.41, 5.74) is 13.6. The van der Waals surface area contributed by atoms with Gasteiger partial charge in [0.2, 0.25) is 0 Å². The minimum Gasteiger partial charge on any atom is -0.390 e. The van der Waals surface area contributed by atoms with Crippen molar-refractivity contribution in [2.75, 3.05) is 13.6 Å². The van der Waals surface area contributed by atoms with Gasteiger partial charge >= 0.3 is 0 Å². The number of allylic oxidation sites excluding steroid dienone is 1. The van der Waals surface area contributed by atoms with Crippen LogP contribution in [0, 0.1) is 11.2 Å². The van der Waals surface area contributed by atoms with Crippen molar-refractivity contribution in [2.24, 2.45) is 21.5 Å². The molecule has 1 atom stereocenters. The molecule has 1 aliphatic carbocycles. The Morgan fingerprint density at radius 1 is 1.38 bits per heavy atom. The van der Waals surface area contributed by atoms with Crippen molar-refractivity contribution in [1.82, 2.24) is 10.2 Å². The third kappa shape index (κ3) is 5.29. The lowest BCUT2D eigenvalue weighted by Gasteiger charge is -2.28. The van der Waals surface area contributed by atoms with E-state index < -0.39 is 12.0 Å². The lowest BCUT2D eigenvalue weighted by molar-refractivity contribution is 0.467. The topological polar surface area (TPSA) is 116 Å². The Balaban J connectivity index is 2.10. The summed E-state index contributed by atoms with van der Waals surface area (Å²) in [4.78, 5) is 9.45. The smallest absolute Gasteiger partial charge is 0.152 e. The second-order valence-electron chi connectivity index (χ2n) is 7.13. The number of hydrogen-bond acceptors (Lipinski definition) is 4. The first-order valence-electron chi connectivity index (χ1n) is 9.95. The van der Waals surface area contributed by atoms with Crippen molar-refractivity contribution >= 4 is 23.7 Å². The molecule has 170 valence electrons. The Kier molecular flexibility index (Phi) is 8.06. The average molecular weight is 442 g/mol. The van der Waals surface area contributed by atoms with Gasteiger partial charge in [-0.2, -0.15) is 0 Å². The summed E-state index contributed by atoms with van der Waals surface area (Å²) in [5.74, 6) is 0.424. The van der Waals surface area contributed by atoms with E-state index in [1.807, 2.05) is 0 Å². The fourth-order valence-electron chi connectivity index (χ4n) is 3.23. The molecule has 0 saturated heterocycles. The van der Waals surface area contributed by atoms with Gasteiger partial charge in [0.15, 0.2) is 6.17 Å². The van der Waals surface area contributed by atoms with E-state index in [0.717, 1.165) is 6.34 Å². The van der Waals surface area contributed by atoms with Crippen LogP contribution in [0.5, 0.6) is 0 Å². The zero-order chi connectivity index (χ0) is 24.0. The van der Waals surface area contributed by atoms with Crippen LogP contribution in [0.4, 0.5) is 8.78 Å². The fraction of sp³-hybridized carbons (Fsp3) is 0.261. The number of nitrogens with zero attached hydrogens (tertiary/aromatic N) is 3. The van der Waals surface area contributed by atoms with Crippen molar-refractivity contribution in [3.8, 4) is 0 Å². The zero-order valence-electron chi connectivity index (χ0n) is 18.4. The molecule has 6 N–H and O–H groups in total. The number of rotatable bonds is 11. The number of benzene rings is 1. The summed E-state index contributed by atoms with van der Waals surface area (Å²) >= 11 is 0. The van der Waals surface area contributed by atoms with Crippen LogP contribution in [0.2, 0.25) is 0 Å². The Labute approximate surface area is 187 Å². The number of nitrogens with one attached hydrogen (secondary N) is 2. The standard InChI is InChI=1S/C23H29F2N7/c1-6-13(2)32(15(4)17-10-16(24)11-18-20(17)21(18)25)19(27)8-7-9-30-23(31-12-26)14(3)22(28)29-5/h6,10-12,21,27,30H,1-2,4,7-9H2,3,5H3,(H2,26,31)(H2,28,29)/b23-14-,27-19?. The molecule has 0 heterocycles. The Hall–Kier alpha value is -3.75. The van der Waals surface area contributed by atoms with E-state index >= 15 is 0 Å². The molecule has 0 aromatic heterocycles. The van der Waals surface area contributed by atoms with Crippen molar-refractivity contribution in [2.45, 2.75) is 25.9 Å². The van der Waals surface area contributed by atoms with Crippen LogP contribution in [0.15, 0.2) is 65.0 Å². The van der Waals surface area contributed by atoms with Gasteiger partial charge in [0.1, 0.15) is 23.3 Å². The van der Waals surface area contributed by atoms with Gasteiger partial charge in [-0.15, -0.1) is 0 Å². The van der Waals surface area contributed by atoms with Gasteiger partial charge in [0.25, 0.3) is 0 Å². The first-order valence-corrected chi connectivity index (χ1v) is 9.95. The normalized spacial score (nSPS) is 15.6. The summed E-state index contributed by atoms with van der Waals surface area (Å²) in [5, 5.41) is 11.7. The first-order chi connectivity index (χ1) is 15.2. The number of amidine groups is 2. The number of nitrogens with two attached hydrogens (primary N) is 2.